The van der Waals surface area contributed by atoms with Crippen molar-refractivity contribution in [3.05, 3.63) is 29.8 Å². The Labute approximate surface area is 149 Å². The summed E-state index contributed by atoms with van der Waals surface area (Å²) >= 11 is 0. The van der Waals surface area contributed by atoms with E-state index in [9.17, 15) is 9.59 Å². The van der Waals surface area contributed by atoms with Crippen LogP contribution in [-0.2, 0) is 11.2 Å². The fourth-order valence-corrected chi connectivity index (χ4v) is 3.63. The van der Waals surface area contributed by atoms with Gasteiger partial charge in [0.1, 0.15) is 0 Å². The highest BCUT2D eigenvalue weighted by molar-refractivity contribution is 5.80. The van der Waals surface area contributed by atoms with Gasteiger partial charge in [-0.1, -0.05) is 12.1 Å². The number of carbonyl (C=O) groups excluding carboxylic acids is 2. The Hall–Kier alpha value is -2.24. The normalized spacial score (nSPS) is 20.6. The van der Waals surface area contributed by atoms with Gasteiger partial charge in [-0.2, -0.15) is 0 Å². The lowest BCUT2D eigenvalue weighted by Crippen LogP contribution is -2.40. The molecular weight excluding hydrogens is 316 g/mol. The van der Waals surface area contributed by atoms with Crippen LogP contribution in [0.1, 0.15) is 31.2 Å². The monoisotopic (exact) mass is 344 g/mol. The number of hydrogen-bond acceptors (Lipinski definition) is 3. The lowest BCUT2D eigenvalue weighted by molar-refractivity contribution is -0.121. The second-order valence-corrected chi connectivity index (χ2v) is 7.03. The molecule has 0 radical (unpaired) electrons. The largest absolute Gasteiger partial charge is 0.372 e. The topological polar surface area (TPSA) is 78.7 Å². The Morgan fingerprint density at radius 2 is 1.80 bits per heavy atom. The maximum atomic E-state index is 12.1. The number of hydrogen-bond donors (Lipinski definition) is 2. The number of amides is 3. The Morgan fingerprint density at radius 3 is 2.44 bits per heavy atom. The summed E-state index contributed by atoms with van der Waals surface area (Å²) in [7, 11) is 0. The van der Waals surface area contributed by atoms with E-state index in [1.54, 1.807) is 4.90 Å². The molecule has 25 heavy (non-hydrogen) atoms. The minimum Gasteiger partial charge on any atom is -0.372 e. The molecule has 3 N–H and O–H groups in total. The van der Waals surface area contributed by atoms with Crippen molar-refractivity contribution in [3.8, 4) is 0 Å². The van der Waals surface area contributed by atoms with E-state index >= 15 is 0 Å². The number of rotatable bonds is 5. The third-order valence-corrected chi connectivity index (χ3v) is 5.23. The standard InChI is InChI=1S/C19H28N4O2/c20-18(24)16-9-13-23(14-16)19(25)21-10-8-15-4-6-17(7-5-15)22-11-2-1-3-12-22/h4-7,16H,1-3,8-14H2,(H2,20,24)(H,21,25)/t16-/m0/s1. The summed E-state index contributed by atoms with van der Waals surface area (Å²) in [4.78, 5) is 27.4. The van der Waals surface area contributed by atoms with Crippen LogP contribution in [0.3, 0.4) is 0 Å². The first-order chi connectivity index (χ1) is 12.1. The van der Waals surface area contributed by atoms with Gasteiger partial charge in [0.25, 0.3) is 0 Å². The van der Waals surface area contributed by atoms with Crippen molar-refractivity contribution in [1.82, 2.24) is 10.2 Å². The minimum atomic E-state index is -0.316. The summed E-state index contributed by atoms with van der Waals surface area (Å²) in [5.41, 5.74) is 7.81. The molecule has 3 amide bonds. The predicted octanol–water partition coefficient (Wildman–Crippen LogP) is 1.74. The average molecular weight is 344 g/mol. The smallest absolute Gasteiger partial charge is 0.317 e. The average Bonchev–Trinajstić information content (AvgIpc) is 3.14. The number of nitrogens with two attached hydrogens (primary N) is 1. The summed E-state index contributed by atoms with van der Waals surface area (Å²) < 4.78 is 0. The Kier molecular flexibility index (Phi) is 5.79. The Morgan fingerprint density at radius 1 is 1.08 bits per heavy atom. The number of anilines is 1. The molecule has 0 bridgehead atoms. The lowest BCUT2D eigenvalue weighted by atomic mass is 10.1. The van der Waals surface area contributed by atoms with Crippen LogP contribution in [0, 0.1) is 5.92 Å². The van der Waals surface area contributed by atoms with Gasteiger partial charge in [0, 0.05) is 38.4 Å². The molecule has 6 heteroatoms. The number of nitrogens with zero attached hydrogens (tertiary/aromatic N) is 2. The zero-order chi connectivity index (χ0) is 17.6. The fourth-order valence-electron chi connectivity index (χ4n) is 3.63. The second kappa shape index (κ2) is 8.23. The molecule has 2 fully saturated rings. The molecule has 0 unspecified atom stereocenters. The van der Waals surface area contributed by atoms with E-state index in [2.05, 4.69) is 34.5 Å². The number of primary amides is 1. The highest BCUT2D eigenvalue weighted by Crippen LogP contribution is 2.20. The molecule has 2 aliphatic rings. The molecule has 1 aromatic rings. The summed E-state index contributed by atoms with van der Waals surface area (Å²) in [6, 6.07) is 8.55. The van der Waals surface area contributed by atoms with E-state index in [0.717, 1.165) is 19.5 Å². The molecular formula is C19H28N4O2. The zero-order valence-electron chi connectivity index (χ0n) is 14.7. The minimum absolute atomic E-state index is 0.103. The number of urea groups is 1. The molecule has 136 valence electrons. The van der Waals surface area contributed by atoms with E-state index < -0.39 is 0 Å². The zero-order valence-corrected chi connectivity index (χ0v) is 14.7. The van der Waals surface area contributed by atoms with E-state index in [1.807, 2.05) is 0 Å². The van der Waals surface area contributed by atoms with Crippen molar-refractivity contribution < 1.29 is 9.59 Å². The van der Waals surface area contributed by atoms with Crippen LogP contribution in [0.4, 0.5) is 10.5 Å². The molecule has 2 heterocycles. The van der Waals surface area contributed by atoms with Crippen LogP contribution in [0.2, 0.25) is 0 Å². The summed E-state index contributed by atoms with van der Waals surface area (Å²) in [6.45, 7) is 3.93. The first kappa shape index (κ1) is 17.6. The van der Waals surface area contributed by atoms with Crippen LogP contribution in [0.25, 0.3) is 0 Å². The Bertz CT molecular complexity index is 596. The molecule has 1 atom stereocenters. The van der Waals surface area contributed by atoms with Crippen molar-refractivity contribution in [2.45, 2.75) is 32.1 Å². The van der Waals surface area contributed by atoms with E-state index in [4.69, 9.17) is 5.73 Å². The van der Waals surface area contributed by atoms with E-state index in [0.29, 0.717) is 26.1 Å². The van der Waals surface area contributed by atoms with Crippen molar-refractivity contribution in [2.75, 3.05) is 37.6 Å². The summed E-state index contributed by atoms with van der Waals surface area (Å²) in [5, 5.41) is 2.94. The van der Waals surface area contributed by atoms with Crippen molar-refractivity contribution in [1.29, 1.82) is 0 Å². The van der Waals surface area contributed by atoms with Gasteiger partial charge in [-0.25, -0.2) is 4.79 Å². The molecule has 0 spiro atoms. The predicted molar refractivity (Wildman–Crippen MR) is 98.5 cm³/mol. The third kappa shape index (κ3) is 4.65. The number of likely N-dealkylation sites (tertiary alicyclic amines) is 1. The van der Waals surface area contributed by atoms with Gasteiger partial charge in [-0.3, -0.25) is 4.79 Å². The van der Waals surface area contributed by atoms with Crippen molar-refractivity contribution >= 4 is 17.6 Å². The number of carbonyl (C=O) groups is 2. The van der Waals surface area contributed by atoms with Gasteiger partial charge in [-0.15, -0.1) is 0 Å². The molecule has 3 rings (SSSR count). The van der Waals surface area contributed by atoms with Crippen molar-refractivity contribution in [2.24, 2.45) is 11.7 Å². The SMILES string of the molecule is NC(=O)[C@H]1CCN(C(=O)NCCc2ccc(N3CCCCC3)cc2)C1. The highest BCUT2D eigenvalue weighted by Gasteiger charge is 2.29. The van der Waals surface area contributed by atoms with Crippen molar-refractivity contribution in [3.63, 3.8) is 0 Å². The maximum absolute atomic E-state index is 12.1. The van der Waals surface area contributed by atoms with Gasteiger partial charge in [0.05, 0.1) is 5.92 Å². The number of piperidine rings is 1. The molecule has 2 aliphatic heterocycles. The van der Waals surface area contributed by atoms with Crippen LogP contribution >= 0.6 is 0 Å². The molecule has 6 nitrogen and oxygen atoms in total. The van der Waals surface area contributed by atoms with E-state index in [-0.39, 0.29) is 17.9 Å². The van der Waals surface area contributed by atoms with Gasteiger partial charge in [0.15, 0.2) is 0 Å². The molecule has 0 aromatic heterocycles. The molecule has 1 aromatic carbocycles. The number of nitrogens with one attached hydrogen (secondary N) is 1. The van der Waals surface area contributed by atoms with Crippen LogP contribution in [0.15, 0.2) is 24.3 Å². The number of benzene rings is 1. The molecule has 2 saturated heterocycles. The first-order valence-electron chi connectivity index (χ1n) is 9.29. The lowest BCUT2D eigenvalue weighted by Gasteiger charge is -2.28. The quantitative estimate of drug-likeness (QED) is 0.854. The third-order valence-electron chi connectivity index (χ3n) is 5.23. The van der Waals surface area contributed by atoms with Gasteiger partial charge >= 0.3 is 6.03 Å². The Balaban J connectivity index is 1.41. The maximum Gasteiger partial charge on any atom is 0.317 e. The summed E-state index contributed by atoms with van der Waals surface area (Å²) in [6.07, 6.45) is 5.37. The van der Waals surface area contributed by atoms with Gasteiger partial charge < -0.3 is 20.9 Å². The van der Waals surface area contributed by atoms with E-state index in [1.165, 1.54) is 30.5 Å². The first-order valence-corrected chi connectivity index (χ1v) is 9.29. The van der Waals surface area contributed by atoms with Crippen LogP contribution in [0.5, 0.6) is 0 Å². The molecule has 0 saturated carbocycles. The molecule has 0 aliphatic carbocycles. The highest BCUT2D eigenvalue weighted by atomic mass is 16.2. The second-order valence-electron chi connectivity index (χ2n) is 7.03. The summed E-state index contributed by atoms with van der Waals surface area (Å²) in [5.74, 6) is -0.517. The van der Waals surface area contributed by atoms with Crippen LogP contribution < -0.4 is 16.0 Å². The van der Waals surface area contributed by atoms with Gasteiger partial charge in [0.2, 0.25) is 5.91 Å². The van der Waals surface area contributed by atoms with Gasteiger partial charge in [-0.05, 0) is 49.8 Å². The van der Waals surface area contributed by atoms with Crippen LogP contribution in [-0.4, -0.2) is 49.6 Å². The fraction of sp³-hybridized carbons (Fsp3) is 0.579.